The lowest BCUT2D eigenvalue weighted by molar-refractivity contribution is 0.0734. The van der Waals surface area contributed by atoms with Crippen molar-refractivity contribution in [3.05, 3.63) is 77.1 Å². The van der Waals surface area contributed by atoms with E-state index in [1.807, 2.05) is 12.1 Å². The van der Waals surface area contributed by atoms with Crippen LogP contribution in [0.4, 0.5) is 4.39 Å². The average molecular weight is 391 g/mol. The van der Waals surface area contributed by atoms with Crippen molar-refractivity contribution < 1.29 is 13.9 Å². The molecule has 0 atom stereocenters. The van der Waals surface area contributed by atoms with Gasteiger partial charge >= 0.3 is 5.97 Å². The molecule has 0 heterocycles. The molecule has 1 aliphatic carbocycles. The van der Waals surface area contributed by atoms with Crippen LogP contribution >= 0.6 is 0 Å². The minimum atomic E-state index is -0.701. The third-order valence-electron chi connectivity index (χ3n) is 5.52. The van der Waals surface area contributed by atoms with Crippen molar-refractivity contribution >= 4 is 5.97 Å². The molecule has 2 aromatic carbocycles. The van der Waals surface area contributed by atoms with Gasteiger partial charge in [0.25, 0.3) is 0 Å². The van der Waals surface area contributed by atoms with Gasteiger partial charge in [0, 0.05) is 6.07 Å². The largest absolute Gasteiger partial charge is 0.423 e. The zero-order valence-corrected chi connectivity index (χ0v) is 16.7. The number of hydrogen-bond acceptors (Lipinski definition) is 3. The second-order valence-electron chi connectivity index (χ2n) is 7.59. The van der Waals surface area contributed by atoms with Crippen LogP contribution in [-0.2, 0) is 0 Å². The molecule has 0 saturated heterocycles. The number of carbonyl (C=O) groups is 1. The molecule has 0 N–H and O–H groups in total. The number of halogens is 1. The van der Waals surface area contributed by atoms with E-state index in [9.17, 15) is 9.18 Å². The van der Waals surface area contributed by atoms with Gasteiger partial charge in [0.15, 0.2) is 0 Å². The van der Waals surface area contributed by atoms with Gasteiger partial charge in [-0.3, -0.25) is 0 Å². The molecule has 3 rings (SSSR count). The molecule has 2 aromatic rings. The molecule has 3 nitrogen and oxygen atoms in total. The summed E-state index contributed by atoms with van der Waals surface area (Å²) in [5.74, 6) is 0.0760. The number of unbranched alkanes of at least 4 members (excludes halogenated alkanes) is 1. The number of benzene rings is 2. The molecular formula is C25H26FNO2. The Morgan fingerprint density at radius 2 is 1.90 bits per heavy atom. The van der Waals surface area contributed by atoms with Gasteiger partial charge in [-0.15, -0.1) is 0 Å². The molecule has 1 aliphatic rings. The highest BCUT2D eigenvalue weighted by Gasteiger charge is 2.21. The van der Waals surface area contributed by atoms with Crippen LogP contribution in [0.2, 0.25) is 0 Å². The minimum absolute atomic E-state index is 0.0790. The van der Waals surface area contributed by atoms with Gasteiger partial charge in [-0.1, -0.05) is 37.6 Å². The number of rotatable bonds is 6. The van der Waals surface area contributed by atoms with Gasteiger partial charge in [0.05, 0.1) is 11.1 Å². The van der Waals surface area contributed by atoms with Crippen molar-refractivity contribution in [2.24, 2.45) is 5.92 Å². The maximum absolute atomic E-state index is 13.7. The first-order valence-electron chi connectivity index (χ1n) is 10.3. The summed E-state index contributed by atoms with van der Waals surface area (Å²) < 4.78 is 18.9. The molecule has 0 amide bonds. The molecule has 0 radical (unpaired) electrons. The van der Waals surface area contributed by atoms with Crippen molar-refractivity contribution in [2.45, 2.75) is 51.4 Å². The Balaban J connectivity index is 1.57. The molecule has 29 heavy (non-hydrogen) atoms. The number of ether oxygens (including phenoxy) is 1. The lowest BCUT2D eigenvalue weighted by Gasteiger charge is -2.27. The van der Waals surface area contributed by atoms with Crippen LogP contribution in [0.5, 0.6) is 5.75 Å². The Labute approximate surface area is 171 Å². The van der Waals surface area contributed by atoms with Crippen molar-refractivity contribution in [1.29, 1.82) is 5.26 Å². The van der Waals surface area contributed by atoms with Crippen LogP contribution in [0.3, 0.4) is 0 Å². The Morgan fingerprint density at radius 3 is 2.52 bits per heavy atom. The second-order valence-corrected chi connectivity index (χ2v) is 7.59. The van der Waals surface area contributed by atoms with Crippen molar-refractivity contribution in [3.8, 4) is 11.8 Å². The summed E-state index contributed by atoms with van der Waals surface area (Å²) in [6.07, 6.45) is 11.8. The van der Waals surface area contributed by atoms with Gasteiger partial charge in [0.2, 0.25) is 0 Å². The maximum atomic E-state index is 13.7. The van der Waals surface area contributed by atoms with Crippen LogP contribution in [0.25, 0.3) is 0 Å². The van der Waals surface area contributed by atoms with Crippen LogP contribution in [0, 0.1) is 23.1 Å². The van der Waals surface area contributed by atoms with Crippen LogP contribution in [0.15, 0.2) is 54.6 Å². The summed E-state index contributed by atoms with van der Waals surface area (Å²) in [7, 11) is 0. The molecule has 0 bridgehead atoms. The minimum Gasteiger partial charge on any atom is -0.423 e. The highest BCUT2D eigenvalue weighted by atomic mass is 19.1. The van der Waals surface area contributed by atoms with Gasteiger partial charge in [-0.05, 0) is 73.8 Å². The summed E-state index contributed by atoms with van der Waals surface area (Å²) in [5, 5.41) is 8.76. The first-order valence-corrected chi connectivity index (χ1v) is 10.3. The summed E-state index contributed by atoms with van der Waals surface area (Å²) >= 11 is 0. The molecule has 0 aliphatic heterocycles. The van der Waals surface area contributed by atoms with E-state index in [4.69, 9.17) is 10.00 Å². The van der Waals surface area contributed by atoms with Crippen LogP contribution < -0.4 is 4.74 Å². The Bertz CT molecular complexity index is 903. The van der Waals surface area contributed by atoms with Gasteiger partial charge in [-0.2, -0.15) is 5.26 Å². The lowest BCUT2D eigenvalue weighted by Crippen LogP contribution is -2.12. The lowest BCUT2D eigenvalue weighted by atomic mass is 9.78. The highest BCUT2D eigenvalue weighted by Crippen LogP contribution is 2.36. The third kappa shape index (κ3) is 5.54. The molecule has 1 fully saturated rings. The van der Waals surface area contributed by atoms with Gasteiger partial charge < -0.3 is 4.74 Å². The van der Waals surface area contributed by atoms with E-state index in [-0.39, 0.29) is 11.3 Å². The van der Waals surface area contributed by atoms with E-state index in [2.05, 4.69) is 19.1 Å². The first kappa shape index (κ1) is 20.8. The molecule has 0 spiro atoms. The van der Waals surface area contributed by atoms with Crippen LogP contribution in [0.1, 0.15) is 72.9 Å². The van der Waals surface area contributed by atoms with Crippen molar-refractivity contribution in [2.75, 3.05) is 0 Å². The number of allylic oxidation sites excluding steroid dienone is 2. The number of hydrogen-bond donors (Lipinski definition) is 0. The average Bonchev–Trinajstić information content (AvgIpc) is 2.75. The molecule has 0 unspecified atom stereocenters. The standard InChI is InChI=1S/C25H26FNO2/c1-2-3-4-5-18-6-8-19(9-7-18)20-10-12-21(13-11-20)25(28)29-23-15-14-22(17-27)24(26)16-23/h4-5,10-16,18-19H,2-3,6-9H2,1H3/b5-4+/t18-,19-. The topological polar surface area (TPSA) is 50.1 Å². The van der Waals surface area contributed by atoms with E-state index in [1.165, 1.54) is 37.0 Å². The molecular weight excluding hydrogens is 365 g/mol. The fraction of sp³-hybridized carbons (Fsp3) is 0.360. The number of carbonyl (C=O) groups excluding carboxylic acids is 1. The quantitative estimate of drug-likeness (QED) is 0.319. The number of nitriles is 1. The predicted octanol–water partition coefficient (Wildman–Crippen LogP) is 6.55. The smallest absolute Gasteiger partial charge is 0.343 e. The molecule has 150 valence electrons. The van der Waals surface area contributed by atoms with Crippen LogP contribution in [-0.4, -0.2) is 5.97 Å². The normalized spacial score (nSPS) is 19.1. The van der Waals surface area contributed by atoms with E-state index < -0.39 is 11.8 Å². The first-order chi connectivity index (χ1) is 14.1. The monoisotopic (exact) mass is 391 g/mol. The van der Waals surface area contributed by atoms with Gasteiger partial charge in [-0.25, -0.2) is 9.18 Å². The van der Waals surface area contributed by atoms with E-state index in [0.717, 1.165) is 25.3 Å². The van der Waals surface area contributed by atoms with Crippen molar-refractivity contribution in [3.63, 3.8) is 0 Å². The SMILES string of the molecule is CCC/C=C/[C@H]1CC[C@H](c2ccc(C(=O)Oc3ccc(C#N)c(F)c3)cc2)CC1. The fourth-order valence-corrected chi connectivity index (χ4v) is 3.81. The van der Waals surface area contributed by atoms with E-state index >= 15 is 0 Å². The Morgan fingerprint density at radius 1 is 1.17 bits per heavy atom. The molecule has 1 saturated carbocycles. The Kier molecular flexibility index (Phi) is 7.19. The van der Waals surface area contributed by atoms with E-state index in [1.54, 1.807) is 18.2 Å². The summed E-state index contributed by atoms with van der Waals surface area (Å²) in [4.78, 5) is 12.3. The molecule has 0 aromatic heterocycles. The zero-order chi connectivity index (χ0) is 20.6. The number of nitrogens with zero attached hydrogens (tertiary/aromatic N) is 1. The van der Waals surface area contributed by atoms with Crippen molar-refractivity contribution in [1.82, 2.24) is 0 Å². The highest BCUT2D eigenvalue weighted by molar-refractivity contribution is 5.91. The molecule has 4 heteroatoms. The Hall–Kier alpha value is -2.93. The summed E-state index contributed by atoms with van der Waals surface area (Å²) in [6, 6.07) is 13.0. The van der Waals surface area contributed by atoms with E-state index in [0.29, 0.717) is 17.4 Å². The maximum Gasteiger partial charge on any atom is 0.343 e. The second kappa shape index (κ2) is 10.0. The third-order valence-corrected chi connectivity index (χ3v) is 5.52. The predicted molar refractivity (Wildman–Crippen MR) is 111 cm³/mol. The van der Waals surface area contributed by atoms with Gasteiger partial charge in [0.1, 0.15) is 17.6 Å². The summed E-state index contributed by atoms with van der Waals surface area (Å²) in [6.45, 7) is 2.20. The number of esters is 1. The zero-order valence-electron chi connectivity index (χ0n) is 16.7. The summed E-state index contributed by atoms with van der Waals surface area (Å²) in [5.41, 5.74) is 1.60. The fourth-order valence-electron chi connectivity index (χ4n) is 3.81.